The molecule has 2 aromatic carbocycles. The largest absolute Gasteiger partial charge is 0.493 e. The standard InChI is InChI=1S/C21H18BrN5O3S/c1-29-16-8-3-13(11-17(16)30-2)21-25-24-18-9-10-20(26-27(18)21)31-12-19(28)23-15-6-4-14(22)5-7-15/h3-11H,12H2,1-2H3,(H,23,28). The van der Waals surface area contributed by atoms with Crippen molar-refractivity contribution < 1.29 is 14.3 Å². The summed E-state index contributed by atoms with van der Waals surface area (Å²) < 4.78 is 13.3. The Kier molecular flexibility index (Phi) is 6.38. The number of nitrogens with one attached hydrogen (secondary N) is 1. The van der Waals surface area contributed by atoms with Gasteiger partial charge in [0.25, 0.3) is 0 Å². The van der Waals surface area contributed by atoms with Gasteiger partial charge in [-0.05, 0) is 54.6 Å². The highest BCUT2D eigenvalue weighted by atomic mass is 79.9. The van der Waals surface area contributed by atoms with Crippen molar-refractivity contribution in [3.05, 3.63) is 59.1 Å². The quantitative estimate of drug-likeness (QED) is 0.379. The molecule has 0 saturated heterocycles. The van der Waals surface area contributed by atoms with E-state index in [-0.39, 0.29) is 11.7 Å². The topological polar surface area (TPSA) is 90.6 Å². The smallest absolute Gasteiger partial charge is 0.234 e. The number of halogens is 1. The number of benzene rings is 2. The molecule has 0 atom stereocenters. The number of hydrogen-bond donors (Lipinski definition) is 1. The molecular weight excluding hydrogens is 482 g/mol. The van der Waals surface area contributed by atoms with Crippen molar-refractivity contribution in [2.45, 2.75) is 5.03 Å². The summed E-state index contributed by atoms with van der Waals surface area (Å²) >= 11 is 4.71. The van der Waals surface area contributed by atoms with Crippen molar-refractivity contribution in [2.24, 2.45) is 0 Å². The summed E-state index contributed by atoms with van der Waals surface area (Å²) in [5.74, 6) is 1.89. The van der Waals surface area contributed by atoms with Gasteiger partial charge in [0.05, 0.1) is 20.0 Å². The predicted molar refractivity (Wildman–Crippen MR) is 123 cm³/mol. The number of rotatable bonds is 7. The zero-order chi connectivity index (χ0) is 21.8. The molecule has 0 radical (unpaired) electrons. The Morgan fingerprint density at radius 1 is 1.03 bits per heavy atom. The van der Waals surface area contributed by atoms with E-state index in [0.29, 0.717) is 28.0 Å². The summed E-state index contributed by atoms with van der Waals surface area (Å²) in [6.07, 6.45) is 0. The second-order valence-corrected chi connectivity index (χ2v) is 8.29. The van der Waals surface area contributed by atoms with E-state index in [9.17, 15) is 4.79 Å². The maximum atomic E-state index is 12.3. The maximum Gasteiger partial charge on any atom is 0.234 e. The van der Waals surface area contributed by atoms with Crippen LogP contribution in [0.2, 0.25) is 0 Å². The molecule has 0 fully saturated rings. The maximum absolute atomic E-state index is 12.3. The van der Waals surface area contributed by atoms with Gasteiger partial charge in [0.1, 0.15) is 5.03 Å². The lowest BCUT2D eigenvalue weighted by atomic mass is 10.2. The molecular formula is C21H18BrN5O3S. The van der Waals surface area contributed by atoms with Crippen LogP contribution in [0.25, 0.3) is 17.0 Å². The van der Waals surface area contributed by atoms with Crippen LogP contribution >= 0.6 is 27.7 Å². The van der Waals surface area contributed by atoms with Crippen molar-refractivity contribution in [2.75, 3.05) is 25.3 Å². The summed E-state index contributed by atoms with van der Waals surface area (Å²) in [4.78, 5) is 12.3. The van der Waals surface area contributed by atoms with Crippen molar-refractivity contribution in [1.82, 2.24) is 19.8 Å². The second-order valence-electron chi connectivity index (χ2n) is 6.38. The summed E-state index contributed by atoms with van der Waals surface area (Å²) in [7, 11) is 3.16. The minimum absolute atomic E-state index is 0.113. The molecule has 10 heteroatoms. The van der Waals surface area contributed by atoms with Crippen LogP contribution < -0.4 is 14.8 Å². The minimum atomic E-state index is -0.113. The molecule has 0 saturated carbocycles. The number of ether oxygens (including phenoxy) is 2. The summed E-state index contributed by atoms with van der Waals surface area (Å²) in [6.45, 7) is 0. The van der Waals surface area contributed by atoms with Gasteiger partial charge in [0, 0.05) is 15.7 Å². The van der Waals surface area contributed by atoms with E-state index in [0.717, 1.165) is 15.7 Å². The van der Waals surface area contributed by atoms with Crippen LogP contribution in [-0.2, 0) is 4.79 Å². The van der Waals surface area contributed by atoms with Gasteiger partial charge in [0.2, 0.25) is 5.91 Å². The number of nitrogens with zero attached hydrogens (tertiary/aromatic N) is 4. The molecule has 0 aliphatic heterocycles. The zero-order valence-corrected chi connectivity index (χ0v) is 19.1. The Labute approximate surface area is 191 Å². The van der Waals surface area contributed by atoms with Crippen molar-refractivity contribution in [3.63, 3.8) is 0 Å². The van der Waals surface area contributed by atoms with Crippen LogP contribution in [-0.4, -0.2) is 45.7 Å². The van der Waals surface area contributed by atoms with Crippen LogP contribution in [0.3, 0.4) is 0 Å². The average molecular weight is 500 g/mol. The summed E-state index contributed by atoms with van der Waals surface area (Å²) in [5, 5.41) is 16.6. The fourth-order valence-corrected chi connectivity index (χ4v) is 3.79. The zero-order valence-electron chi connectivity index (χ0n) is 16.7. The molecule has 0 bridgehead atoms. The van der Waals surface area contributed by atoms with Gasteiger partial charge in [-0.15, -0.1) is 10.2 Å². The predicted octanol–water partition coefficient (Wildman–Crippen LogP) is 4.30. The van der Waals surface area contributed by atoms with Gasteiger partial charge < -0.3 is 14.8 Å². The van der Waals surface area contributed by atoms with Gasteiger partial charge in [0.15, 0.2) is 23.0 Å². The van der Waals surface area contributed by atoms with Gasteiger partial charge in [-0.1, -0.05) is 27.7 Å². The number of fused-ring (bicyclic) bond motifs is 1. The van der Waals surface area contributed by atoms with Gasteiger partial charge >= 0.3 is 0 Å². The highest BCUT2D eigenvalue weighted by molar-refractivity contribution is 9.10. The molecule has 2 heterocycles. The van der Waals surface area contributed by atoms with Crippen LogP contribution in [0.5, 0.6) is 11.5 Å². The monoisotopic (exact) mass is 499 g/mol. The normalized spacial score (nSPS) is 10.8. The third-order valence-electron chi connectivity index (χ3n) is 4.36. The number of thioether (sulfide) groups is 1. The SMILES string of the molecule is COc1ccc(-c2nnc3ccc(SCC(=O)Nc4ccc(Br)cc4)nn23)cc1OC. The second kappa shape index (κ2) is 9.36. The molecule has 0 aliphatic rings. The van der Waals surface area contributed by atoms with E-state index in [1.165, 1.54) is 11.8 Å². The highest BCUT2D eigenvalue weighted by Crippen LogP contribution is 2.31. The Balaban J connectivity index is 1.52. The van der Waals surface area contributed by atoms with E-state index in [1.807, 2.05) is 48.5 Å². The van der Waals surface area contributed by atoms with E-state index in [4.69, 9.17) is 9.47 Å². The number of amides is 1. The Morgan fingerprint density at radius 3 is 2.55 bits per heavy atom. The lowest BCUT2D eigenvalue weighted by Gasteiger charge is -2.09. The number of carbonyl (C=O) groups is 1. The number of methoxy groups -OCH3 is 2. The molecule has 158 valence electrons. The molecule has 0 spiro atoms. The first-order valence-corrected chi connectivity index (χ1v) is 11.0. The third-order valence-corrected chi connectivity index (χ3v) is 5.81. The molecule has 1 N–H and O–H groups in total. The molecule has 8 nitrogen and oxygen atoms in total. The number of hydrogen-bond acceptors (Lipinski definition) is 7. The number of carbonyl (C=O) groups excluding carboxylic acids is 1. The fourth-order valence-electron chi connectivity index (χ4n) is 2.87. The van der Waals surface area contributed by atoms with Crippen molar-refractivity contribution >= 4 is 44.9 Å². The molecule has 31 heavy (non-hydrogen) atoms. The summed E-state index contributed by atoms with van der Waals surface area (Å²) in [5.41, 5.74) is 2.13. The summed E-state index contributed by atoms with van der Waals surface area (Å²) in [6, 6.07) is 16.6. The molecule has 2 aromatic heterocycles. The van der Waals surface area contributed by atoms with E-state index in [2.05, 4.69) is 36.5 Å². The molecule has 4 rings (SSSR count). The number of anilines is 1. The molecule has 4 aromatic rings. The first-order valence-electron chi connectivity index (χ1n) is 9.20. The third kappa shape index (κ3) is 4.80. The van der Waals surface area contributed by atoms with Crippen molar-refractivity contribution in [3.8, 4) is 22.9 Å². The van der Waals surface area contributed by atoms with Gasteiger partial charge in [-0.2, -0.15) is 9.61 Å². The minimum Gasteiger partial charge on any atom is -0.493 e. The van der Waals surface area contributed by atoms with E-state index < -0.39 is 0 Å². The van der Waals surface area contributed by atoms with Gasteiger partial charge in [-0.25, -0.2) is 0 Å². The fraction of sp³-hybridized carbons (Fsp3) is 0.143. The van der Waals surface area contributed by atoms with Gasteiger partial charge in [-0.3, -0.25) is 4.79 Å². The number of aromatic nitrogens is 4. The highest BCUT2D eigenvalue weighted by Gasteiger charge is 2.14. The lowest BCUT2D eigenvalue weighted by Crippen LogP contribution is -2.14. The lowest BCUT2D eigenvalue weighted by molar-refractivity contribution is -0.113. The van der Waals surface area contributed by atoms with E-state index >= 15 is 0 Å². The van der Waals surface area contributed by atoms with Crippen LogP contribution in [0.1, 0.15) is 0 Å². The molecule has 0 unspecified atom stereocenters. The van der Waals surface area contributed by atoms with Crippen molar-refractivity contribution in [1.29, 1.82) is 0 Å². The first kappa shape index (κ1) is 21.1. The molecule has 1 amide bonds. The van der Waals surface area contributed by atoms with E-state index in [1.54, 1.807) is 24.8 Å². The van der Waals surface area contributed by atoms with Crippen LogP contribution in [0, 0.1) is 0 Å². The Bertz CT molecular complexity index is 1230. The van der Waals surface area contributed by atoms with Crippen LogP contribution in [0.4, 0.5) is 5.69 Å². The first-order chi connectivity index (χ1) is 15.1. The average Bonchev–Trinajstić information content (AvgIpc) is 3.22. The Hall–Kier alpha value is -3.11. The van der Waals surface area contributed by atoms with Crippen LogP contribution in [0.15, 0.2) is 64.1 Å². The Morgan fingerprint density at radius 2 is 1.81 bits per heavy atom. The molecule has 0 aliphatic carbocycles.